The molecule has 0 N–H and O–H groups in total. The number of nitrogens with zero attached hydrogens (tertiary/aromatic N) is 2. The van der Waals surface area contributed by atoms with Crippen molar-refractivity contribution in [2.75, 3.05) is 0 Å². The average molecular weight is 769 g/mol. The zero-order valence-electron chi connectivity index (χ0n) is 32.4. The molecule has 59 heavy (non-hydrogen) atoms. The second kappa shape index (κ2) is 13.4. The first-order valence-electron chi connectivity index (χ1n) is 20.2. The molecule has 0 unspecified atom stereocenters. The van der Waals surface area contributed by atoms with Crippen molar-refractivity contribution in [3.63, 3.8) is 0 Å². The van der Waals surface area contributed by atoms with E-state index in [9.17, 15) is 0 Å². The molecule has 0 aliphatic heterocycles. The normalized spacial score (nSPS) is 11.8. The third-order valence-electron chi connectivity index (χ3n) is 12.2. The molecule has 3 aromatic heterocycles. The maximum Gasteiger partial charge on any atom is 0.0744 e. The first-order valence-corrected chi connectivity index (χ1v) is 21.0. The van der Waals surface area contributed by atoms with E-state index in [4.69, 9.17) is 4.98 Å². The van der Waals surface area contributed by atoms with E-state index in [1.54, 1.807) is 0 Å². The maximum absolute atomic E-state index is 5.35. The highest BCUT2D eigenvalue weighted by molar-refractivity contribution is 7.27. The fraction of sp³-hybridized carbons (Fsp3) is 0.0179. The van der Waals surface area contributed by atoms with Gasteiger partial charge in [-0.1, -0.05) is 164 Å². The molecule has 12 rings (SSSR count). The molecule has 3 heteroatoms. The molecule has 12 aromatic rings. The second-order valence-electron chi connectivity index (χ2n) is 15.5. The largest absolute Gasteiger partial charge is 0.309 e. The molecule has 0 fully saturated rings. The van der Waals surface area contributed by atoms with E-state index >= 15 is 0 Å². The predicted molar refractivity (Wildman–Crippen MR) is 253 cm³/mol. The predicted octanol–water partition coefficient (Wildman–Crippen LogP) is 15.8. The van der Waals surface area contributed by atoms with E-state index in [2.05, 4.69) is 212 Å². The van der Waals surface area contributed by atoms with Gasteiger partial charge < -0.3 is 4.57 Å². The number of fused-ring (bicyclic) bond motifs is 12. The van der Waals surface area contributed by atoms with E-state index < -0.39 is 0 Å². The highest BCUT2D eigenvalue weighted by Crippen LogP contribution is 2.50. The van der Waals surface area contributed by atoms with Gasteiger partial charge in [0.25, 0.3) is 0 Å². The third kappa shape index (κ3) is 5.29. The zero-order chi connectivity index (χ0) is 39.0. The minimum absolute atomic E-state index is 0.970. The summed E-state index contributed by atoms with van der Waals surface area (Å²) in [5.41, 5.74) is 13.8. The van der Waals surface area contributed by atoms with Crippen LogP contribution in [0.3, 0.4) is 0 Å². The molecule has 0 atom stereocenters. The number of aromatic nitrogens is 2. The minimum Gasteiger partial charge on any atom is -0.309 e. The summed E-state index contributed by atoms with van der Waals surface area (Å²) in [6.07, 6.45) is 0. The zero-order valence-corrected chi connectivity index (χ0v) is 33.2. The Kier molecular flexibility index (Phi) is 7.66. The minimum atomic E-state index is 0.970. The van der Waals surface area contributed by atoms with Crippen molar-refractivity contribution in [1.29, 1.82) is 0 Å². The van der Waals surface area contributed by atoms with Crippen LogP contribution in [0.4, 0.5) is 0 Å². The van der Waals surface area contributed by atoms with Gasteiger partial charge in [0.1, 0.15) is 0 Å². The molecule has 0 bridgehead atoms. The lowest BCUT2D eigenvalue weighted by Crippen LogP contribution is -1.98. The van der Waals surface area contributed by atoms with Crippen LogP contribution in [0.1, 0.15) is 5.56 Å². The van der Waals surface area contributed by atoms with Crippen LogP contribution in [0, 0.1) is 6.92 Å². The van der Waals surface area contributed by atoms with E-state index in [1.807, 2.05) is 11.3 Å². The molecule has 3 heterocycles. The van der Waals surface area contributed by atoms with Crippen LogP contribution in [0.25, 0.3) is 114 Å². The van der Waals surface area contributed by atoms with Crippen LogP contribution < -0.4 is 0 Å². The van der Waals surface area contributed by atoms with Crippen molar-refractivity contribution in [3.8, 4) is 50.5 Å². The van der Waals surface area contributed by atoms with Crippen molar-refractivity contribution in [3.05, 3.63) is 206 Å². The van der Waals surface area contributed by atoms with Crippen LogP contribution >= 0.6 is 11.3 Å². The summed E-state index contributed by atoms with van der Waals surface area (Å²) < 4.78 is 5.16. The Hall–Kier alpha value is -7.33. The van der Waals surface area contributed by atoms with Crippen LogP contribution in [-0.4, -0.2) is 9.55 Å². The van der Waals surface area contributed by atoms with Gasteiger partial charge in [0, 0.05) is 58.5 Å². The van der Waals surface area contributed by atoms with E-state index in [0.29, 0.717) is 0 Å². The summed E-state index contributed by atoms with van der Waals surface area (Å²) in [6, 6.07) is 72.8. The molecule has 0 saturated carbocycles. The quantitative estimate of drug-likeness (QED) is 0.170. The van der Waals surface area contributed by atoms with Gasteiger partial charge in [-0.25, -0.2) is 4.98 Å². The van der Waals surface area contributed by atoms with Gasteiger partial charge >= 0.3 is 0 Å². The highest BCUT2D eigenvalue weighted by Gasteiger charge is 2.24. The fourth-order valence-electron chi connectivity index (χ4n) is 9.39. The van der Waals surface area contributed by atoms with Crippen LogP contribution in [0.15, 0.2) is 200 Å². The van der Waals surface area contributed by atoms with Gasteiger partial charge in [0.15, 0.2) is 0 Å². The lowest BCUT2D eigenvalue weighted by molar-refractivity contribution is 1.18. The molecule has 276 valence electrons. The van der Waals surface area contributed by atoms with E-state index in [0.717, 1.165) is 28.2 Å². The summed E-state index contributed by atoms with van der Waals surface area (Å²) in [7, 11) is 0. The molecule has 0 saturated heterocycles. The lowest BCUT2D eigenvalue weighted by atomic mass is 9.94. The fourth-order valence-corrected chi connectivity index (χ4v) is 10.6. The Morgan fingerprint density at radius 1 is 0.441 bits per heavy atom. The monoisotopic (exact) mass is 768 g/mol. The summed E-state index contributed by atoms with van der Waals surface area (Å²) in [4.78, 5) is 5.35. The van der Waals surface area contributed by atoms with Gasteiger partial charge in [0.2, 0.25) is 0 Å². The van der Waals surface area contributed by atoms with Crippen LogP contribution in [0.2, 0.25) is 0 Å². The molecular formula is C56H36N2S. The molecule has 9 aromatic carbocycles. The molecule has 2 nitrogen and oxygen atoms in total. The second-order valence-corrected chi connectivity index (χ2v) is 16.5. The van der Waals surface area contributed by atoms with Gasteiger partial charge in [-0.2, -0.15) is 0 Å². The molecular weight excluding hydrogens is 733 g/mol. The molecule has 0 radical (unpaired) electrons. The number of pyridine rings is 1. The van der Waals surface area contributed by atoms with E-state index in [1.165, 1.54) is 91.3 Å². The van der Waals surface area contributed by atoms with Crippen molar-refractivity contribution in [2.24, 2.45) is 0 Å². The third-order valence-corrected chi connectivity index (χ3v) is 13.4. The summed E-state index contributed by atoms with van der Waals surface area (Å²) in [5.74, 6) is 0. The van der Waals surface area contributed by atoms with Crippen LogP contribution in [-0.2, 0) is 0 Å². The standard InChI is InChI=1S/C56H36N2S/c1-35-46(37-17-7-3-8-18-37)34-48(39-20-9-4-10-21-39)57-54(35)40-25-29-42(30-26-40)58-49-31-27-38-19-11-12-22-43(38)51(49)53-52-47-33-41(36-15-5-2-6-16-36)28-32-50(47)59-56(52)45-24-14-13-23-44(45)55(53)58/h2-34H,1H3. The first-order chi connectivity index (χ1) is 29.2. The summed E-state index contributed by atoms with van der Waals surface area (Å²) >= 11 is 1.91. The Labute approximate surface area is 345 Å². The molecule has 0 aliphatic carbocycles. The van der Waals surface area contributed by atoms with Crippen molar-refractivity contribution in [2.45, 2.75) is 6.92 Å². The Balaban J connectivity index is 1.15. The lowest BCUT2D eigenvalue weighted by Gasteiger charge is -2.16. The average Bonchev–Trinajstić information content (AvgIpc) is 3.87. The van der Waals surface area contributed by atoms with Crippen molar-refractivity contribution >= 4 is 74.9 Å². The number of hydrogen-bond donors (Lipinski definition) is 0. The van der Waals surface area contributed by atoms with Gasteiger partial charge in [-0.05, 0) is 81.9 Å². The van der Waals surface area contributed by atoms with E-state index in [-0.39, 0.29) is 0 Å². The topological polar surface area (TPSA) is 17.8 Å². The highest BCUT2D eigenvalue weighted by atomic mass is 32.1. The van der Waals surface area contributed by atoms with Gasteiger partial charge in [0.05, 0.1) is 22.4 Å². The van der Waals surface area contributed by atoms with Crippen molar-refractivity contribution in [1.82, 2.24) is 9.55 Å². The molecule has 0 aliphatic rings. The van der Waals surface area contributed by atoms with Crippen LogP contribution in [0.5, 0.6) is 0 Å². The van der Waals surface area contributed by atoms with Crippen molar-refractivity contribution < 1.29 is 0 Å². The molecule has 0 spiro atoms. The Bertz CT molecular complexity index is 3580. The summed E-state index contributed by atoms with van der Waals surface area (Å²) in [6.45, 7) is 2.21. The smallest absolute Gasteiger partial charge is 0.0744 e. The number of thiophene rings is 1. The number of rotatable bonds is 5. The summed E-state index contributed by atoms with van der Waals surface area (Å²) in [5, 5.41) is 10.3. The van der Waals surface area contributed by atoms with Gasteiger partial charge in [-0.3, -0.25) is 0 Å². The maximum atomic E-state index is 5.35. The van der Waals surface area contributed by atoms with Gasteiger partial charge in [-0.15, -0.1) is 11.3 Å². The Morgan fingerprint density at radius 3 is 1.81 bits per heavy atom. The Morgan fingerprint density at radius 2 is 1.07 bits per heavy atom. The SMILES string of the molecule is Cc1c(-c2ccccc2)cc(-c2ccccc2)nc1-c1ccc(-n2c3ccc4ccccc4c3c3c4c5cc(-c6ccccc6)ccc5sc4c4ccccc4c32)cc1. The first kappa shape index (κ1) is 33.8. The number of benzene rings is 9. The number of hydrogen-bond acceptors (Lipinski definition) is 2. The molecule has 0 amide bonds.